The van der Waals surface area contributed by atoms with Crippen molar-refractivity contribution in [1.82, 2.24) is 40.7 Å². The number of tetrazole rings is 1. The maximum atomic E-state index is 15.0. The standard InChI is InChI=1S/C20H26FN9O/c1-19(2)9-13(16(21)20(3,4)28-19)23-18-22-10-14(24-26-18)12-7-6-11(8-15(12)31)17-25-29-30(5)27-17/h6-8,10,13,16,28,31H,9H2,1-5H3,(H,22,23,26)/t13-,16-/m0/s1. The van der Waals surface area contributed by atoms with Gasteiger partial charge in [-0.05, 0) is 51.5 Å². The van der Waals surface area contributed by atoms with E-state index in [-0.39, 0.29) is 17.2 Å². The first-order chi connectivity index (χ1) is 14.5. The van der Waals surface area contributed by atoms with Gasteiger partial charge < -0.3 is 15.7 Å². The normalized spacial score (nSPS) is 22.3. The van der Waals surface area contributed by atoms with Crippen molar-refractivity contribution in [2.75, 3.05) is 5.32 Å². The number of phenolic OH excluding ortho intramolecular Hbond substituents is 1. The summed E-state index contributed by atoms with van der Waals surface area (Å²) in [6.45, 7) is 7.78. The van der Waals surface area contributed by atoms with Crippen LogP contribution in [0.2, 0.25) is 0 Å². The number of alkyl halides is 1. The molecule has 11 heteroatoms. The van der Waals surface area contributed by atoms with Gasteiger partial charge in [0.05, 0.1) is 19.3 Å². The largest absolute Gasteiger partial charge is 0.507 e. The quantitative estimate of drug-likeness (QED) is 0.574. The fourth-order valence-corrected chi connectivity index (χ4v) is 4.19. The third kappa shape index (κ3) is 4.31. The number of hydrogen-bond acceptors (Lipinski definition) is 9. The second kappa shape index (κ2) is 7.49. The SMILES string of the molecule is Cn1nnc(-c2ccc(-c3cnc(N[C@H]4CC(C)(C)NC(C)(C)[C@H]4F)nn3)c(O)c2)n1. The Morgan fingerprint density at radius 2 is 1.97 bits per heavy atom. The minimum atomic E-state index is -1.13. The van der Waals surface area contributed by atoms with Crippen molar-refractivity contribution in [1.29, 1.82) is 0 Å². The maximum Gasteiger partial charge on any atom is 0.243 e. The number of nitrogens with zero attached hydrogens (tertiary/aromatic N) is 7. The van der Waals surface area contributed by atoms with Crippen LogP contribution >= 0.6 is 0 Å². The van der Waals surface area contributed by atoms with Crippen molar-refractivity contribution >= 4 is 5.95 Å². The monoisotopic (exact) mass is 427 g/mol. The van der Waals surface area contributed by atoms with E-state index >= 15 is 0 Å². The first-order valence-electron chi connectivity index (χ1n) is 10.0. The van der Waals surface area contributed by atoms with Gasteiger partial charge in [-0.2, -0.15) is 4.80 Å². The van der Waals surface area contributed by atoms with E-state index in [1.54, 1.807) is 19.2 Å². The summed E-state index contributed by atoms with van der Waals surface area (Å²) in [5.74, 6) is 0.638. The van der Waals surface area contributed by atoms with Gasteiger partial charge in [-0.1, -0.05) is 6.07 Å². The summed E-state index contributed by atoms with van der Waals surface area (Å²) in [4.78, 5) is 5.62. The molecule has 0 aliphatic carbocycles. The lowest BCUT2D eigenvalue weighted by Gasteiger charge is -2.48. The summed E-state index contributed by atoms with van der Waals surface area (Å²) in [6.07, 6.45) is 0.937. The summed E-state index contributed by atoms with van der Waals surface area (Å²) in [5.41, 5.74) is 0.566. The Balaban J connectivity index is 1.52. The molecule has 0 amide bonds. The van der Waals surface area contributed by atoms with Crippen LogP contribution < -0.4 is 10.6 Å². The highest BCUT2D eigenvalue weighted by Gasteiger charge is 2.46. The zero-order chi connectivity index (χ0) is 22.4. The molecular formula is C20H26FN9O. The smallest absolute Gasteiger partial charge is 0.243 e. The number of hydrogen-bond donors (Lipinski definition) is 3. The molecule has 0 unspecified atom stereocenters. The van der Waals surface area contributed by atoms with Gasteiger partial charge in [-0.25, -0.2) is 9.37 Å². The molecule has 0 radical (unpaired) electrons. The molecule has 3 N–H and O–H groups in total. The molecule has 4 rings (SSSR count). The van der Waals surface area contributed by atoms with Crippen molar-refractivity contribution in [3.8, 4) is 28.4 Å². The highest BCUT2D eigenvalue weighted by atomic mass is 19.1. The Morgan fingerprint density at radius 1 is 1.19 bits per heavy atom. The molecule has 2 aromatic heterocycles. The molecule has 0 bridgehead atoms. The molecule has 0 spiro atoms. The lowest BCUT2D eigenvalue weighted by atomic mass is 9.78. The Labute approximate surface area is 179 Å². The van der Waals surface area contributed by atoms with Crippen molar-refractivity contribution in [3.63, 3.8) is 0 Å². The van der Waals surface area contributed by atoms with Crippen LogP contribution in [-0.4, -0.2) is 63.8 Å². The van der Waals surface area contributed by atoms with E-state index in [0.29, 0.717) is 29.1 Å². The number of aromatic hydroxyl groups is 1. The highest BCUT2D eigenvalue weighted by Crippen LogP contribution is 2.33. The van der Waals surface area contributed by atoms with Gasteiger partial charge in [0.15, 0.2) is 0 Å². The number of benzene rings is 1. The van der Waals surface area contributed by atoms with Crippen LogP contribution in [0.3, 0.4) is 0 Å². The Kier molecular flexibility index (Phi) is 5.08. The average molecular weight is 427 g/mol. The number of rotatable bonds is 4. The molecule has 1 saturated heterocycles. The van der Waals surface area contributed by atoms with E-state index in [1.165, 1.54) is 17.1 Å². The van der Waals surface area contributed by atoms with Gasteiger partial charge in [0.2, 0.25) is 11.8 Å². The van der Waals surface area contributed by atoms with Crippen molar-refractivity contribution in [3.05, 3.63) is 24.4 Å². The minimum absolute atomic E-state index is 0.00700. The molecule has 2 atom stereocenters. The zero-order valence-corrected chi connectivity index (χ0v) is 18.1. The molecule has 164 valence electrons. The summed E-state index contributed by atoms with van der Waals surface area (Å²) in [6, 6.07) is 4.53. The van der Waals surface area contributed by atoms with Crippen LogP contribution in [0.4, 0.5) is 10.3 Å². The van der Waals surface area contributed by atoms with Crippen LogP contribution in [0.5, 0.6) is 5.75 Å². The van der Waals surface area contributed by atoms with Crippen LogP contribution in [0.25, 0.3) is 22.6 Å². The summed E-state index contributed by atoms with van der Waals surface area (Å²) in [5, 5.41) is 37.0. The van der Waals surface area contributed by atoms with Gasteiger partial charge in [0.1, 0.15) is 17.6 Å². The topological polar surface area (TPSA) is 127 Å². The zero-order valence-electron chi connectivity index (χ0n) is 18.1. The average Bonchev–Trinajstić information content (AvgIpc) is 3.12. The predicted octanol–water partition coefficient (Wildman–Crippen LogP) is 2.10. The van der Waals surface area contributed by atoms with Crippen molar-refractivity contribution < 1.29 is 9.50 Å². The van der Waals surface area contributed by atoms with Crippen molar-refractivity contribution in [2.45, 2.75) is 57.4 Å². The Morgan fingerprint density at radius 3 is 2.58 bits per heavy atom. The maximum absolute atomic E-state index is 15.0. The van der Waals surface area contributed by atoms with E-state index in [2.05, 4.69) is 41.2 Å². The molecule has 1 aromatic carbocycles. The van der Waals surface area contributed by atoms with E-state index < -0.39 is 17.8 Å². The Hall–Kier alpha value is -3.21. The summed E-state index contributed by atoms with van der Waals surface area (Å²) >= 11 is 0. The van der Waals surface area contributed by atoms with E-state index in [9.17, 15) is 9.50 Å². The van der Waals surface area contributed by atoms with Crippen LogP contribution in [-0.2, 0) is 7.05 Å². The third-order valence-corrected chi connectivity index (χ3v) is 5.35. The van der Waals surface area contributed by atoms with Gasteiger partial charge in [-0.15, -0.1) is 20.4 Å². The molecule has 3 heterocycles. The van der Waals surface area contributed by atoms with Gasteiger partial charge in [0.25, 0.3) is 0 Å². The lowest BCUT2D eigenvalue weighted by Crippen LogP contribution is -2.67. The number of anilines is 1. The number of nitrogens with one attached hydrogen (secondary N) is 2. The van der Waals surface area contributed by atoms with Crippen LogP contribution in [0.1, 0.15) is 34.1 Å². The number of aryl methyl sites for hydroxylation is 1. The number of phenols is 1. The Bertz CT molecular complexity index is 1080. The highest BCUT2D eigenvalue weighted by molar-refractivity contribution is 5.71. The van der Waals surface area contributed by atoms with E-state index in [4.69, 9.17) is 0 Å². The summed E-state index contributed by atoms with van der Waals surface area (Å²) < 4.78 is 15.0. The third-order valence-electron chi connectivity index (χ3n) is 5.35. The van der Waals surface area contributed by atoms with E-state index in [0.717, 1.165) is 0 Å². The molecule has 1 aliphatic rings. The molecular weight excluding hydrogens is 401 g/mol. The molecule has 31 heavy (non-hydrogen) atoms. The number of piperidine rings is 1. The van der Waals surface area contributed by atoms with E-state index in [1.807, 2.05) is 27.7 Å². The van der Waals surface area contributed by atoms with Crippen molar-refractivity contribution in [2.24, 2.45) is 7.05 Å². The number of aromatic nitrogens is 7. The lowest BCUT2D eigenvalue weighted by molar-refractivity contribution is 0.0654. The molecule has 10 nitrogen and oxygen atoms in total. The molecule has 1 aliphatic heterocycles. The molecule has 0 saturated carbocycles. The van der Waals surface area contributed by atoms with Gasteiger partial charge in [0, 0.05) is 22.2 Å². The number of halogens is 1. The fraction of sp³-hybridized carbons (Fsp3) is 0.500. The summed E-state index contributed by atoms with van der Waals surface area (Å²) in [7, 11) is 1.67. The first-order valence-corrected chi connectivity index (χ1v) is 10.0. The van der Waals surface area contributed by atoms with Gasteiger partial charge >= 0.3 is 0 Å². The first kappa shape index (κ1) is 21.0. The van der Waals surface area contributed by atoms with Gasteiger partial charge in [-0.3, -0.25) is 0 Å². The fourth-order valence-electron chi connectivity index (χ4n) is 4.19. The second-order valence-corrected chi connectivity index (χ2v) is 9.09. The minimum Gasteiger partial charge on any atom is -0.507 e. The predicted molar refractivity (Wildman–Crippen MR) is 113 cm³/mol. The van der Waals surface area contributed by atoms with Crippen LogP contribution in [0, 0.1) is 0 Å². The molecule has 1 fully saturated rings. The van der Waals surface area contributed by atoms with Crippen LogP contribution in [0.15, 0.2) is 24.4 Å². The molecule has 3 aromatic rings. The second-order valence-electron chi connectivity index (χ2n) is 9.09.